The van der Waals surface area contributed by atoms with Crippen molar-refractivity contribution >= 4 is 45.9 Å². The topological polar surface area (TPSA) is 114 Å². The molecule has 6 rings (SSSR count). The number of carbonyl (C=O) groups is 2. The molecule has 8 nitrogen and oxygen atoms in total. The second kappa shape index (κ2) is 9.14. The summed E-state index contributed by atoms with van der Waals surface area (Å²) in [4.78, 5) is 31.1. The number of para-hydroxylation sites is 2. The molecule has 4 heterocycles. The number of H-pyrrole nitrogens is 2. The van der Waals surface area contributed by atoms with Crippen molar-refractivity contribution < 1.29 is 28.9 Å². The largest absolute Gasteiger partial charge is 0.478 e. The normalized spacial score (nSPS) is 24.1. The predicted octanol–water partition coefficient (Wildman–Crippen LogP) is 4.16. The van der Waals surface area contributed by atoms with E-state index in [2.05, 4.69) is 9.97 Å². The van der Waals surface area contributed by atoms with Crippen LogP contribution in [-0.4, -0.2) is 58.5 Å². The van der Waals surface area contributed by atoms with Crippen LogP contribution in [0, 0.1) is 5.92 Å². The maximum atomic E-state index is 12.5. The van der Waals surface area contributed by atoms with Crippen molar-refractivity contribution in [1.82, 2.24) is 9.97 Å². The van der Waals surface area contributed by atoms with Crippen molar-refractivity contribution in [2.75, 3.05) is 13.2 Å². The van der Waals surface area contributed by atoms with E-state index >= 15 is 0 Å². The average molecular weight is 485 g/mol. The number of carboxylic acids is 1. The third kappa shape index (κ3) is 4.00. The quantitative estimate of drug-likeness (QED) is 0.280. The van der Waals surface area contributed by atoms with Gasteiger partial charge < -0.3 is 29.3 Å². The van der Waals surface area contributed by atoms with Crippen LogP contribution in [0.2, 0.25) is 0 Å². The van der Waals surface area contributed by atoms with Crippen LogP contribution in [-0.2, 0) is 23.8 Å². The van der Waals surface area contributed by atoms with Crippen LogP contribution in [0.3, 0.4) is 0 Å². The Bertz CT molecular complexity index is 1510. The lowest BCUT2D eigenvalue weighted by molar-refractivity contribution is -0.147. The Hall–Kier alpha value is -4.14. The smallest absolute Gasteiger partial charge is 0.332 e. The minimum absolute atomic E-state index is 0.151. The van der Waals surface area contributed by atoms with Crippen LogP contribution in [0.15, 0.2) is 72.6 Å². The fourth-order valence-electron chi connectivity index (χ4n) is 5.12. The molecule has 2 aromatic heterocycles. The summed E-state index contributed by atoms with van der Waals surface area (Å²) in [5.74, 6) is -2.01. The third-order valence-corrected chi connectivity index (χ3v) is 6.87. The highest BCUT2D eigenvalue weighted by molar-refractivity contribution is 5.98. The van der Waals surface area contributed by atoms with Gasteiger partial charge in [-0.05, 0) is 24.3 Å². The fourth-order valence-corrected chi connectivity index (χ4v) is 5.12. The molecule has 0 aliphatic carbocycles. The van der Waals surface area contributed by atoms with Crippen LogP contribution in [0.5, 0.6) is 0 Å². The van der Waals surface area contributed by atoms with Crippen LogP contribution in [0.25, 0.3) is 34.0 Å². The molecule has 0 saturated carbocycles. The first-order chi connectivity index (χ1) is 17.6. The highest BCUT2D eigenvalue weighted by atomic mass is 16.6. The molecular formula is C28H24N2O6. The SMILES string of the molecule is O=C(/C=C/c1c[nH]c2ccccc12)O[C@@H]1CO[C@H]2[C@H]1OC[C@@H]2/C(=C\c1c[nH]c2ccccc12)C(=O)O. The molecule has 2 aliphatic rings. The van der Waals surface area contributed by atoms with Gasteiger partial charge in [-0.1, -0.05) is 36.4 Å². The van der Waals surface area contributed by atoms with E-state index < -0.39 is 36.2 Å². The maximum absolute atomic E-state index is 12.5. The molecule has 0 amide bonds. The van der Waals surface area contributed by atoms with Gasteiger partial charge in [0, 0.05) is 62.9 Å². The van der Waals surface area contributed by atoms with Gasteiger partial charge in [-0.2, -0.15) is 0 Å². The van der Waals surface area contributed by atoms with E-state index in [0.29, 0.717) is 0 Å². The number of nitrogens with one attached hydrogen (secondary N) is 2. The number of rotatable bonds is 6. The van der Waals surface area contributed by atoms with Crippen LogP contribution in [0.1, 0.15) is 11.1 Å². The van der Waals surface area contributed by atoms with E-state index in [-0.39, 0.29) is 18.8 Å². The molecule has 3 N–H and O–H groups in total. The number of aromatic amines is 2. The number of carboxylic acid groups (broad SMARTS) is 1. The maximum Gasteiger partial charge on any atom is 0.332 e. The number of aromatic nitrogens is 2. The summed E-state index contributed by atoms with van der Waals surface area (Å²) in [7, 11) is 0. The molecule has 4 atom stereocenters. The lowest BCUT2D eigenvalue weighted by Gasteiger charge is -2.17. The van der Waals surface area contributed by atoms with Crippen LogP contribution < -0.4 is 0 Å². The van der Waals surface area contributed by atoms with E-state index in [1.807, 2.05) is 54.7 Å². The Morgan fingerprint density at radius 3 is 2.25 bits per heavy atom. The molecule has 0 bridgehead atoms. The number of ether oxygens (including phenoxy) is 3. The van der Waals surface area contributed by atoms with Gasteiger partial charge in [0.15, 0.2) is 6.10 Å². The minimum Gasteiger partial charge on any atom is -0.478 e. The summed E-state index contributed by atoms with van der Waals surface area (Å²) >= 11 is 0. The Kier molecular flexibility index (Phi) is 5.67. The number of aliphatic carboxylic acids is 1. The van der Waals surface area contributed by atoms with Gasteiger partial charge in [0.25, 0.3) is 0 Å². The summed E-state index contributed by atoms with van der Waals surface area (Å²) in [6, 6.07) is 15.5. The zero-order chi connectivity index (χ0) is 24.6. The molecular weight excluding hydrogens is 460 g/mol. The summed E-state index contributed by atoms with van der Waals surface area (Å²) in [5, 5.41) is 11.9. The van der Waals surface area contributed by atoms with Gasteiger partial charge in [0.2, 0.25) is 0 Å². The number of hydrogen-bond donors (Lipinski definition) is 3. The first-order valence-electron chi connectivity index (χ1n) is 11.8. The average Bonchev–Trinajstić information content (AvgIpc) is 3.66. The summed E-state index contributed by atoms with van der Waals surface area (Å²) < 4.78 is 17.4. The predicted molar refractivity (Wildman–Crippen MR) is 134 cm³/mol. The Labute approximate surface area is 206 Å². The molecule has 2 saturated heterocycles. The van der Waals surface area contributed by atoms with Gasteiger partial charge in [-0.25, -0.2) is 9.59 Å². The second-order valence-corrected chi connectivity index (χ2v) is 9.00. The Balaban J connectivity index is 1.16. The summed E-state index contributed by atoms with van der Waals surface area (Å²) in [6.07, 6.45) is 6.75. The lowest BCUT2D eigenvalue weighted by Crippen LogP contribution is -2.33. The molecule has 0 spiro atoms. The van der Waals surface area contributed by atoms with Crippen LogP contribution in [0.4, 0.5) is 0 Å². The summed E-state index contributed by atoms with van der Waals surface area (Å²) in [5.41, 5.74) is 3.79. The monoisotopic (exact) mass is 484 g/mol. The van der Waals surface area contributed by atoms with Crippen molar-refractivity contribution in [3.05, 3.63) is 83.7 Å². The first-order valence-corrected chi connectivity index (χ1v) is 11.8. The number of fused-ring (bicyclic) bond motifs is 3. The Morgan fingerprint density at radius 1 is 0.889 bits per heavy atom. The van der Waals surface area contributed by atoms with Gasteiger partial charge >= 0.3 is 11.9 Å². The highest BCUT2D eigenvalue weighted by Gasteiger charge is 2.51. The van der Waals surface area contributed by atoms with Crippen molar-refractivity contribution in [2.45, 2.75) is 18.3 Å². The second-order valence-electron chi connectivity index (χ2n) is 9.00. The standard InChI is InChI=1S/C28H24N2O6/c31-25(10-9-16-12-29-22-7-3-1-5-18(16)22)36-24-15-35-26-21(14-34-27(24)26)20(28(32)33)11-17-13-30-23-8-4-2-6-19(17)23/h1-13,21,24,26-27,29-30H,14-15H2,(H,32,33)/b10-9+,20-11+/t21-,24-,26-,27+/m1/s1. The van der Waals surface area contributed by atoms with Crippen LogP contribution >= 0.6 is 0 Å². The molecule has 4 aromatic rings. The van der Waals surface area contributed by atoms with Gasteiger partial charge in [-0.3, -0.25) is 0 Å². The lowest BCUT2D eigenvalue weighted by atomic mass is 9.91. The van der Waals surface area contributed by atoms with Crippen molar-refractivity contribution in [2.24, 2.45) is 5.92 Å². The minimum atomic E-state index is -1.03. The van der Waals surface area contributed by atoms with Crippen molar-refractivity contribution in [3.8, 4) is 0 Å². The molecule has 2 aromatic carbocycles. The first kappa shape index (κ1) is 22.3. The molecule has 2 fully saturated rings. The van der Waals surface area contributed by atoms with E-state index in [9.17, 15) is 14.7 Å². The van der Waals surface area contributed by atoms with E-state index in [1.165, 1.54) is 6.08 Å². The third-order valence-electron chi connectivity index (χ3n) is 6.87. The van der Waals surface area contributed by atoms with E-state index in [4.69, 9.17) is 14.2 Å². The van der Waals surface area contributed by atoms with Crippen molar-refractivity contribution in [1.29, 1.82) is 0 Å². The fraction of sp³-hybridized carbons (Fsp3) is 0.214. The zero-order valence-electron chi connectivity index (χ0n) is 19.2. The van der Waals surface area contributed by atoms with Crippen molar-refractivity contribution in [3.63, 3.8) is 0 Å². The molecule has 0 radical (unpaired) electrons. The zero-order valence-corrected chi connectivity index (χ0v) is 19.2. The number of benzene rings is 2. The van der Waals surface area contributed by atoms with Gasteiger partial charge in [-0.15, -0.1) is 0 Å². The number of hydrogen-bond acceptors (Lipinski definition) is 5. The van der Waals surface area contributed by atoms with Gasteiger partial charge in [0.05, 0.1) is 19.3 Å². The number of esters is 1. The molecule has 2 aliphatic heterocycles. The molecule has 182 valence electrons. The highest BCUT2D eigenvalue weighted by Crippen LogP contribution is 2.37. The van der Waals surface area contributed by atoms with E-state index in [1.54, 1.807) is 18.3 Å². The Morgan fingerprint density at radius 2 is 1.53 bits per heavy atom. The molecule has 8 heteroatoms. The molecule has 36 heavy (non-hydrogen) atoms. The van der Waals surface area contributed by atoms with Gasteiger partial charge in [0.1, 0.15) is 6.10 Å². The van der Waals surface area contributed by atoms with E-state index in [0.717, 1.165) is 32.9 Å². The molecule has 0 unspecified atom stereocenters. The number of carbonyl (C=O) groups excluding carboxylic acids is 1. The summed E-state index contributed by atoms with van der Waals surface area (Å²) in [6.45, 7) is 0.327.